The minimum Gasteiger partial charge on any atom is -0.330 e. The van der Waals surface area contributed by atoms with E-state index in [2.05, 4.69) is 4.90 Å². The van der Waals surface area contributed by atoms with Crippen LogP contribution in [-0.4, -0.2) is 56.9 Å². The molecule has 2 N–H and O–H groups in total. The van der Waals surface area contributed by atoms with Gasteiger partial charge in [-0.25, -0.2) is 8.42 Å². The van der Waals surface area contributed by atoms with Gasteiger partial charge in [0.25, 0.3) is 0 Å². The second-order valence-corrected chi connectivity index (χ2v) is 7.65. The Morgan fingerprint density at radius 2 is 1.90 bits per heavy atom. The summed E-state index contributed by atoms with van der Waals surface area (Å²) >= 11 is 0. The lowest BCUT2D eigenvalue weighted by molar-refractivity contribution is 0.290. The molecule has 118 valence electrons. The van der Waals surface area contributed by atoms with Crippen LogP contribution in [-0.2, 0) is 16.4 Å². The highest BCUT2D eigenvalue weighted by Crippen LogP contribution is 2.21. The first-order valence-corrected chi connectivity index (χ1v) is 8.88. The Morgan fingerprint density at radius 3 is 2.52 bits per heavy atom. The van der Waals surface area contributed by atoms with Gasteiger partial charge in [-0.15, -0.1) is 0 Å². The van der Waals surface area contributed by atoms with E-state index < -0.39 is 10.0 Å². The molecule has 2 rings (SSSR count). The van der Waals surface area contributed by atoms with Gasteiger partial charge >= 0.3 is 0 Å². The normalized spacial score (nSPS) is 22.1. The Bertz CT molecular complexity index is 557. The molecule has 0 aliphatic carbocycles. The second kappa shape index (κ2) is 6.87. The molecule has 0 radical (unpaired) electrons. The van der Waals surface area contributed by atoms with Gasteiger partial charge < -0.3 is 10.6 Å². The van der Waals surface area contributed by atoms with E-state index in [1.54, 1.807) is 16.4 Å². The Kier molecular flexibility index (Phi) is 5.37. The summed E-state index contributed by atoms with van der Waals surface area (Å²) in [6, 6.07) is 7.10. The molecular formula is C15H25N3O2S. The van der Waals surface area contributed by atoms with Gasteiger partial charge in [0.1, 0.15) is 0 Å². The van der Waals surface area contributed by atoms with Crippen molar-refractivity contribution < 1.29 is 8.42 Å². The third-order valence-corrected chi connectivity index (χ3v) is 5.98. The quantitative estimate of drug-likeness (QED) is 0.897. The molecule has 1 aromatic rings. The molecule has 1 saturated heterocycles. The third-order valence-electron chi connectivity index (χ3n) is 3.95. The zero-order valence-electron chi connectivity index (χ0n) is 12.8. The summed E-state index contributed by atoms with van der Waals surface area (Å²) < 4.78 is 27.3. The van der Waals surface area contributed by atoms with Crippen LogP contribution in [0.15, 0.2) is 29.2 Å². The first kappa shape index (κ1) is 16.4. The fraction of sp³-hybridized carbons (Fsp3) is 0.600. The topological polar surface area (TPSA) is 66.6 Å². The van der Waals surface area contributed by atoms with E-state index in [9.17, 15) is 8.42 Å². The maximum atomic E-state index is 12.8. The maximum absolute atomic E-state index is 12.8. The van der Waals surface area contributed by atoms with Crippen molar-refractivity contribution in [2.24, 2.45) is 5.73 Å². The molecule has 0 spiro atoms. The van der Waals surface area contributed by atoms with E-state index in [1.165, 1.54) is 0 Å². The molecule has 1 heterocycles. The number of hydrogen-bond acceptors (Lipinski definition) is 4. The number of hydrogen-bond donors (Lipinski definition) is 1. The lowest BCUT2D eigenvalue weighted by atomic mass is 10.2. The van der Waals surface area contributed by atoms with Gasteiger partial charge in [-0.3, -0.25) is 0 Å². The lowest BCUT2D eigenvalue weighted by Crippen LogP contribution is -2.41. The van der Waals surface area contributed by atoms with E-state index in [4.69, 9.17) is 5.73 Å². The average molecular weight is 311 g/mol. The molecule has 1 aliphatic rings. The van der Waals surface area contributed by atoms with Crippen molar-refractivity contribution in [3.63, 3.8) is 0 Å². The SMILES string of the molecule is CC1CN(C)CCCN1S(=O)(=O)c1ccc(CCN)cc1. The summed E-state index contributed by atoms with van der Waals surface area (Å²) in [4.78, 5) is 2.56. The molecule has 0 saturated carbocycles. The van der Waals surface area contributed by atoms with E-state index in [-0.39, 0.29) is 6.04 Å². The van der Waals surface area contributed by atoms with Crippen molar-refractivity contribution in [1.82, 2.24) is 9.21 Å². The fourth-order valence-corrected chi connectivity index (χ4v) is 4.50. The lowest BCUT2D eigenvalue weighted by Gasteiger charge is -2.27. The molecule has 1 fully saturated rings. The molecule has 0 amide bonds. The number of benzene rings is 1. The van der Waals surface area contributed by atoms with Crippen LogP contribution >= 0.6 is 0 Å². The maximum Gasteiger partial charge on any atom is 0.243 e. The van der Waals surface area contributed by atoms with Gasteiger partial charge in [-0.05, 0) is 57.6 Å². The Hall–Kier alpha value is -0.950. The zero-order valence-corrected chi connectivity index (χ0v) is 13.6. The summed E-state index contributed by atoms with van der Waals surface area (Å²) in [6.45, 7) is 4.83. The highest BCUT2D eigenvalue weighted by atomic mass is 32.2. The van der Waals surface area contributed by atoms with Crippen LogP contribution in [0.5, 0.6) is 0 Å². The van der Waals surface area contributed by atoms with Gasteiger partial charge in [0.05, 0.1) is 4.90 Å². The first-order chi connectivity index (χ1) is 9.95. The monoisotopic (exact) mass is 311 g/mol. The van der Waals surface area contributed by atoms with Crippen LogP contribution < -0.4 is 5.73 Å². The predicted molar refractivity (Wildman–Crippen MR) is 84.7 cm³/mol. The predicted octanol–water partition coefficient (Wildman–Crippen LogP) is 0.903. The summed E-state index contributed by atoms with van der Waals surface area (Å²) in [5, 5.41) is 0. The summed E-state index contributed by atoms with van der Waals surface area (Å²) in [7, 11) is -1.38. The highest BCUT2D eigenvalue weighted by molar-refractivity contribution is 7.89. The van der Waals surface area contributed by atoms with Crippen LogP contribution in [0.2, 0.25) is 0 Å². The number of nitrogens with zero attached hydrogens (tertiary/aromatic N) is 2. The molecule has 6 heteroatoms. The Labute approximate surface area is 127 Å². The van der Waals surface area contributed by atoms with Crippen LogP contribution in [0.1, 0.15) is 18.9 Å². The van der Waals surface area contributed by atoms with Gasteiger partial charge in [0, 0.05) is 19.1 Å². The number of nitrogens with two attached hydrogens (primary N) is 1. The van der Waals surface area contributed by atoms with Crippen molar-refractivity contribution in [3.05, 3.63) is 29.8 Å². The second-order valence-electron chi connectivity index (χ2n) is 5.76. The molecule has 21 heavy (non-hydrogen) atoms. The van der Waals surface area contributed by atoms with E-state index >= 15 is 0 Å². The Balaban J connectivity index is 2.23. The fourth-order valence-electron chi connectivity index (χ4n) is 2.84. The van der Waals surface area contributed by atoms with Crippen molar-refractivity contribution in [2.45, 2.75) is 30.7 Å². The van der Waals surface area contributed by atoms with Gasteiger partial charge in [0.15, 0.2) is 0 Å². The molecule has 1 unspecified atom stereocenters. The third kappa shape index (κ3) is 3.83. The zero-order chi connectivity index (χ0) is 15.5. The average Bonchev–Trinajstić information content (AvgIpc) is 2.60. The van der Waals surface area contributed by atoms with E-state index in [0.717, 1.165) is 31.5 Å². The van der Waals surface area contributed by atoms with Gasteiger partial charge in [-0.2, -0.15) is 4.31 Å². The van der Waals surface area contributed by atoms with Crippen molar-refractivity contribution in [1.29, 1.82) is 0 Å². The van der Waals surface area contributed by atoms with Crippen LogP contribution in [0.25, 0.3) is 0 Å². The Morgan fingerprint density at radius 1 is 1.24 bits per heavy atom. The van der Waals surface area contributed by atoms with Crippen LogP contribution in [0, 0.1) is 0 Å². The van der Waals surface area contributed by atoms with Crippen molar-refractivity contribution >= 4 is 10.0 Å². The summed E-state index contributed by atoms with van der Waals surface area (Å²) in [5.41, 5.74) is 6.59. The molecular weight excluding hydrogens is 286 g/mol. The largest absolute Gasteiger partial charge is 0.330 e. The molecule has 1 atom stereocenters. The minimum atomic E-state index is -3.41. The molecule has 0 aromatic heterocycles. The smallest absolute Gasteiger partial charge is 0.243 e. The molecule has 0 bridgehead atoms. The molecule has 5 nitrogen and oxygen atoms in total. The minimum absolute atomic E-state index is 0.00813. The summed E-state index contributed by atoms with van der Waals surface area (Å²) in [5.74, 6) is 0. The van der Waals surface area contributed by atoms with E-state index in [0.29, 0.717) is 18.0 Å². The first-order valence-electron chi connectivity index (χ1n) is 7.44. The number of sulfonamides is 1. The standard InChI is InChI=1S/C15H25N3O2S/c1-13-12-17(2)10-3-11-18(13)21(19,20)15-6-4-14(5-7-15)8-9-16/h4-7,13H,3,8-12,16H2,1-2H3. The number of likely N-dealkylation sites (N-methyl/N-ethyl adjacent to an activating group) is 1. The number of rotatable bonds is 4. The van der Waals surface area contributed by atoms with Crippen LogP contribution in [0.4, 0.5) is 0 Å². The highest BCUT2D eigenvalue weighted by Gasteiger charge is 2.31. The summed E-state index contributed by atoms with van der Waals surface area (Å²) in [6.07, 6.45) is 1.64. The van der Waals surface area contributed by atoms with Gasteiger partial charge in [-0.1, -0.05) is 12.1 Å². The van der Waals surface area contributed by atoms with Crippen molar-refractivity contribution in [2.75, 3.05) is 33.2 Å². The van der Waals surface area contributed by atoms with Gasteiger partial charge in [0.2, 0.25) is 10.0 Å². The molecule has 1 aromatic carbocycles. The molecule has 1 aliphatic heterocycles. The van der Waals surface area contributed by atoms with E-state index in [1.807, 2.05) is 26.1 Å². The van der Waals surface area contributed by atoms with Crippen molar-refractivity contribution in [3.8, 4) is 0 Å². The van der Waals surface area contributed by atoms with Crippen LogP contribution in [0.3, 0.4) is 0 Å².